The number of alkyl halides is 6. The number of thiophene rings is 1. The number of nitrogens with zero attached hydrogens (tertiary/aromatic N) is 2. The van der Waals surface area contributed by atoms with E-state index in [0.717, 1.165) is 11.3 Å². The van der Waals surface area contributed by atoms with Crippen LogP contribution < -0.4 is 20.1 Å². The van der Waals surface area contributed by atoms with Gasteiger partial charge in [0.25, 0.3) is 0 Å². The Kier molecular flexibility index (Phi) is 14.0. The summed E-state index contributed by atoms with van der Waals surface area (Å²) in [5, 5.41) is 26.0. The predicted octanol–water partition coefficient (Wildman–Crippen LogP) is 7.35. The Morgan fingerprint density at radius 2 is 1.61 bits per heavy atom. The molecule has 19 heteroatoms. The minimum absolute atomic E-state index is 0.0355. The number of ether oxygens (including phenoxy) is 2. The second kappa shape index (κ2) is 17.2. The van der Waals surface area contributed by atoms with Gasteiger partial charge in [-0.25, -0.2) is 19.0 Å². The minimum atomic E-state index is -5.08. The minimum Gasteiger partial charge on any atom is -0.494 e. The number of nitrogens with two attached hydrogens (primary N) is 1. The number of halogens is 7. The average molecular weight is 722 g/mol. The van der Waals surface area contributed by atoms with Crippen LogP contribution in [0, 0.1) is 11.2 Å². The normalized spacial score (nSPS) is 11.1. The zero-order valence-electron chi connectivity index (χ0n) is 25.8. The zero-order chi connectivity index (χ0) is 37.1. The van der Waals surface area contributed by atoms with Gasteiger partial charge in [-0.05, 0) is 56.5 Å². The fraction of sp³-hybridized carbons (Fsp3) is 0.267. The summed E-state index contributed by atoms with van der Waals surface area (Å²) in [6.45, 7) is 6.26. The number of amidine groups is 1. The Labute approximate surface area is 278 Å². The summed E-state index contributed by atoms with van der Waals surface area (Å²) in [7, 11) is 0. The van der Waals surface area contributed by atoms with Gasteiger partial charge in [-0.2, -0.15) is 37.7 Å². The molecule has 0 amide bonds. The largest absolute Gasteiger partial charge is 0.494 e. The van der Waals surface area contributed by atoms with Gasteiger partial charge in [0.15, 0.2) is 11.6 Å². The Balaban J connectivity index is 0.000000500. The van der Waals surface area contributed by atoms with E-state index >= 15 is 4.39 Å². The van der Waals surface area contributed by atoms with Gasteiger partial charge >= 0.3 is 24.3 Å². The first-order valence-electron chi connectivity index (χ1n) is 13.8. The SMILES string of the molecule is CCOc1cc(OC(C)C)c(F)c(N(Cc2ncc(-c3ccsc3)[nH]2)c2ccc(C(=N)N)cc2)c1.O=C(O)C(F)(F)F.O=C(O)C(F)(F)F. The number of nitrogen functional groups attached to an aromatic ring is 1. The first-order valence-corrected chi connectivity index (χ1v) is 14.7. The molecule has 4 rings (SSSR count). The first kappa shape index (κ1) is 39.8. The molecule has 0 saturated heterocycles. The van der Waals surface area contributed by atoms with Crippen molar-refractivity contribution in [3.05, 3.63) is 76.6 Å². The van der Waals surface area contributed by atoms with Crippen molar-refractivity contribution in [3.8, 4) is 22.8 Å². The summed E-state index contributed by atoms with van der Waals surface area (Å²) in [5.41, 5.74) is 9.13. The van der Waals surface area contributed by atoms with E-state index in [0.29, 0.717) is 29.4 Å². The lowest BCUT2D eigenvalue weighted by Crippen LogP contribution is -2.21. The van der Waals surface area contributed by atoms with Crippen LogP contribution in [0.1, 0.15) is 32.2 Å². The van der Waals surface area contributed by atoms with Crippen molar-refractivity contribution in [3.63, 3.8) is 0 Å². The molecule has 11 nitrogen and oxygen atoms in total. The molecule has 0 fully saturated rings. The van der Waals surface area contributed by atoms with Crippen LogP contribution in [0.4, 0.5) is 42.1 Å². The molecule has 0 radical (unpaired) electrons. The smallest absolute Gasteiger partial charge is 0.490 e. The third-order valence-electron chi connectivity index (χ3n) is 5.70. The molecule has 6 N–H and O–H groups in total. The van der Waals surface area contributed by atoms with E-state index < -0.39 is 30.1 Å². The number of benzene rings is 2. The number of rotatable bonds is 10. The van der Waals surface area contributed by atoms with E-state index in [1.807, 2.05) is 37.6 Å². The van der Waals surface area contributed by atoms with Crippen molar-refractivity contribution in [2.45, 2.75) is 45.8 Å². The van der Waals surface area contributed by atoms with Crippen LogP contribution in [0.3, 0.4) is 0 Å². The van der Waals surface area contributed by atoms with E-state index in [4.69, 9.17) is 40.4 Å². The van der Waals surface area contributed by atoms with Crippen LogP contribution in [0.25, 0.3) is 11.3 Å². The highest BCUT2D eigenvalue weighted by atomic mass is 32.1. The average Bonchev–Trinajstić information content (AvgIpc) is 3.70. The summed E-state index contributed by atoms with van der Waals surface area (Å²) in [6, 6.07) is 12.3. The number of aliphatic carboxylic acids is 2. The number of carboxylic acid groups (broad SMARTS) is 2. The second-order valence-corrected chi connectivity index (χ2v) is 10.5. The zero-order valence-corrected chi connectivity index (χ0v) is 26.6. The van der Waals surface area contributed by atoms with Crippen molar-refractivity contribution >= 4 is 40.5 Å². The molecule has 0 aliphatic heterocycles. The van der Waals surface area contributed by atoms with Crippen molar-refractivity contribution in [1.82, 2.24) is 9.97 Å². The third-order valence-corrected chi connectivity index (χ3v) is 6.38. The van der Waals surface area contributed by atoms with Crippen LogP contribution >= 0.6 is 11.3 Å². The molecule has 0 aliphatic carbocycles. The molecule has 0 aliphatic rings. The maximum absolute atomic E-state index is 15.8. The molecule has 2 heterocycles. The monoisotopic (exact) mass is 721 g/mol. The van der Waals surface area contributed by atoms with Crippen LogP contribution in [0.5, 0.6) is 11.5 Å². The Morgan fingerprint density at radius 1 is 1.04 bits per heavy atom. The summed E-state index contributed by atoms with van der Waals surface area (Å²) in [5.74, 6) is -4.77. The van der Waals surface area contributed by atoms with E-state index in [9.17, 15) is 26.3 Å². The van der Waals surface area contributed by atoms with Crippen LogP contribution in [-0.2, 0) is 16.1 Å². The molecule has 0 spiro atoms. The first-order chi connectivity index (χ1) is 22.7. The maximum atomic E-state index is 15.8. The molecule has 2 aromatic heterocycles. The number of hydrogen-bond donors (Lipinski definition) is 5. The molecular weight excluding hydrogens is 691 g/mol. The molecule has 0 saturated carbocycles. The molecule has 4 aromatic rings. The van der Waals surface area contributed by atoms with Crippen molar-refractivity contribution < 1.29 is 60.0 Å². The molecule has 2 aromatic carbocycles. The summed E-state index contributed by atoms with van der Waals surface area (Å²) in [6.07, 6.45) is -8.61. The number of anilines is 2. The highest BCUT2D eigenvalue weighted by Crippen LogP contribution is 2.38. The number of aromatic nitrogens is 2. The Hall–Kier alpha value is -5.33. The van der Waals surface area contributed by atoms with Crippen molar-refractivity contribution in [2.75, 3.05) is 11.5 Å². The van der Waals surface area contributed by atoms with E-state index in [1.54, 1.807) is 58.8 Å². The molecule has 0 bridgehead atoms. The lowest BCUT2D eigenvalue weighted by molar-refractivity contribution is -0.193. The van der Waals surface area contributed by atoms with E-state index in [1.165, 1.54) is 0 Å². The van der Waals surface area contributed by atoms with Crippen LogP contribution in [0.2, 0.25) is 0 Å². The second-order valence-electron chi connectivity index (χ2n) is 9.76. The quantitative estimate of drug-likeness (QED) is 0.0637. The number of nitrogens with one attached hydrogen (secondary N) is 2. The van der Waals surface area contributed by atoms with E-state index in [2.05, 4.69) is 9.97 Å². The maximum Gasteiger partial charge on any atom is 0.490 e. The lowest BCUT2D eigenvalue weighted by atomic mass is 10.1. The van der Waals surface area contributed by atoms with Crippen molar-refractivity contribution in [2.24, 2.45) is 5.73 Å². The van der Waals surface area contributed by atoms with Crippen molar-refractivity contribution in [1.29, 1.82) is 5.41 Å². The molecule has 49 heavy (non-hydrogen) atoms. The Morgan fingerprint density at radius 3 is 2.06 bits per heavy atom. The van der Waals surface area contributed by atoms with Gasteiger partial charge in [0.1, 0.15) is 17.4 Å². The van der Waals surface area contributed by atoms with Gasteiger partial charge in [0.2, 0.25) is 0 Å². The molecule has 0 atom stereocenters. The topological polar surface area (TPSA) is 175 Å². The number of imidazole rings is 1. The van der Waals surface area contributed by atoms with Crippen LogP contribution in [0.15, 0.2) is 59.4 Å². The van der Waals surface area contributed by atoms with E-state index in [-0.39, 0.29) is 29.9 Å². The highest BCUT2D eigenvalue weighted by molar-refractivity contribution is 7.08. The van der Waals surface area contributed by atoms with Gasteiger partial charge in [-0.3, -0.25) is 5.41 Å². The number of carbonyl (C=O) groups is 2. The fourth-order valence-corrected chi connectivity index (χ4v) is 4.29. The number of carboxylic acids is 2. The van der Waals surface area contributed by atoms with Gasteiger partial charge in [0.05, 0.1) is 36.8 Å². The predicted molar refractivity (Wildman–Crippen MR) is 166 cm³/mol. The fourth-order valence-electron chi connectivity index (χ4n) is 3.64. The summed E-state index contributed by atoms with van der Waals surface area (Å²) < 4.78 is 90.8. The molecular formula is C30H30F7N5O6S. The molecule has 266 valence electrons. The third kappa shape index (κ3) is 12.3. The molecule has 0 unspecified atom stereocenters. The highest BCUT2D eigenvalue weighted by Gasteiger charge is 2.38. The van der Waals surface area contributed by atoms with Gasteiger partial charge in [0, 0.05) is 34.3 Å². The standard InChI is InChI=1S/C26H28FN5O2S.2C2HF3O2/c1-4-33-20-11-22(25(27)23(12-20)34-16(2)3)32(19-7-5-17(6-8-19)26(28)29)14-24-30-13-21(31-24)18-9-10-35-15-18;2*3-2(4,5)1(6)7/h5-13,15-16H,4,14H2,1-3H3,(H3,28,29)(H,30,31);2*(H,6,7). The number of hydrogen-bond acceptors (Lipinski definition) is 8. The number of H-pyrrole nitrogens is 1. The Bertz CT molecular complexity index is 1670. The lowest BCUT2D eigenvalue weighted by Gasteiger charge is -2.26. The van der Waals surface area contributed by atoms with Gasteiger partial charge in [-0.15, -0.1) is 0 Å². The van der Waals surface area contributed by atoms with Gasteiger partial charge in [-0.1, -0.05) is 0 Å². The summed E-state index contributed by atoms with van der Waals surface area (Å²) in [4.78, 5) is 27.5. The van der Waals surface area contributed by atoms with Crippen LogP contribution in [-0.4, -0.2) is 63.0 Å². The summed E-state index contributed by atoms with van der Waals surface area (Å²) >= 11 is 1.61. The number of aromatic amines is 1. The van der Waals surface area contributed by atoms with Gasteiger partial charge < -0.3 is 35.3 Å².